The predicted octanol–water partition coefficient (Wildman–Crippen LogP) is 2.17. The first kappa shape index (κ1) is 8.36. The Kier molecular flexibility index (Phi) is 2.50. The molecule has 1 heterocycles. The van der Waals surface area contributed by atoms with E-state index in [9.17, 15) is 0 Å². The molecule has 0 saturated heterocycles. The van der Waals surface area contributed by atoms with Gasteiger partial charge in [0, 0.05) is 12.3 Å². The second kappa shape index (κ2) is 3.59. The van der Waals surface area contributed by atoms with E-state index in [0.717, 1.165) is 0 Å². The van der Waals surface area contributed by atoms with E-state index in [0.29, 0.717) is 17.7 Å². The van der Waals surface area contributed by atoms with Gasteiger partial charge in [0.15, 0.2) is 0 Å². The zero-order valence-electron chi connectivity index (χ0n) is 6.74. The zero-order chi connectivity index (χ0) is 8.97. The molecule has 0 bridgehead atoms. The Morgan fingerprint density at radius 2 is 2.33 bits per heavy atom. The molecule has 1 atom stereocenters. The molecule has 0 spiro atoms. The molecule has 1 unspecified atom stereocenters. The van der Waals surface area contributed by atoms with Gasteiger partial charge in [0.05, 0.1) is 11.6 Å². The summed E-state index contributed by atoms with van der Waals surface area (Å²) >= 11 is 0. The zero-order valence-corrected chi connectivity index (χ0v) is 6.74. The summed E-state index contributed by atoms with van der Waals surface area (Å²) in [6.45, 7) is 1.89. The van der Waals surface area contributed by atoms with Gasteiger partial charge in [-0.3, -0.25) is 0 Å². The molecule has 3 nitrogen and oxygen atoms in total. The predicted molar refractivity (Wildman–Crippen MR) is 42.1 cm³/mol. The molecule has 60 valence electrons. The lowest BCUT2D eigenvalue weighted by Gasteiger charge is -1.99. The fourth-order valence-corrected chi connectivity index (χ4v) is 0.907. The molecule has 1 rings (SSSR count). The van der Waals surface area contributed by atoms with Gasteiger partial charge >= 0.3 is 0 Å². The van der Waals surface area contributed by atoms with Gasteiger partial charge in [-0.05, 0) is 6.07 Å². The Hall–Kier alpha value is -1.74. The summed E-state index contributed by atoms with van der Waals surface area (Å²) in [5.74, 6) is 0.769. The summed E-state index contributed by atoms with van der Waals surface area (Å²) in [7, 11) is 0. The first-order valence-corrected chi connectivity index (χ1v) is 3.63. The first-order valence-electron chi connectivity index (χ1n) is 3.63. The maximum Gasteiger partial charge on any atom is 0.108 e. The third-order valence-corrected chi connectivity index (χ3v) is 1.63. The third kappa shape index (κ3) is 1.65. The Balaban J connectivity index is 2.77. The van der Waals surface area contributed by atoms with E-state index in [1.807, 2.05) is 13.0 Å². The summed E-state index contributed by atoms with van der Waals surface area (Å²) in [5.41, 5.74) is 0.509. The number of nitrogens with zero attached hydrogens (tertiary/aromatic N) is 2. The van der Waals surface area contributed by atoms with E-state index in [1.165, 1.54) is 6.26 Å². The highest BCUT2D eigenvalue weighted by Gasteiger charge is 2.09. The number of hydrogen-bond acceptors (Lipinski definition) is 3. The second-order valence-electron chi connectivity index (χ2n) is 2.61. The van der Waals surface area contributed by atoms with Gasteiger partial charge in [-0.25, -0.2) is 0 Å². The highest BCUT2D eigenvalue weighted by atomic mass is 16.3. The molecule has 0 aliphatic rings. The monoisotopic (exact) mass is 160 g/mol. The van der Waals surface area contributed by atoms with E-state index in [1.54, 1.807) is 6.07 Å². The SMILES string of the molecule is CC(CC#N)c1cc(C#N)co1. The van der Waals surface area contributed by atoms with Crippen molar-refractivity contribution in [1.82, 2.24) is 0 Å². The number of hydrogen-bond donors (Lipinski definition) is 0. The van der Waals surface area contributed by atoms with Gasteiger partial charge < -0.3 is 4.42 Å². The highest BCUT2D eigenvalue weighted by molar-refractivity contribution is 5.27. The fraction of sp³-hybridized carbons (Fsp3) is 0.333. The van der Waals surface area contributed by atoms with Crippen molar-refractivity contribution in [3.05, 3.63) is 23.7 Å². The smallest absolute Gasteiger partial charge is 0.108 e. The molecule has 0 saturated carbocycles. The lowest BCUT2D eigenvalue weighted by Crippen LogP contribution is -1.87. The molecule has 0 aromatic carbocycles. The molecule has 0 aliphatic heterocycles. The third-order valence-electron chi connectivity index (χ3n) is 1.63. The van der Waals surface area contributed by atoms with E-state index >= 15 is 0 Å². The Morgan fingerprint density at radius 1 is 1.58 bits per heavy atom. The van der Waals surface area contributed by atoms with Crippen molar-refractivity contribution in [2.75, 3.05) is 0 Å². The van der Waals surface area contributed by atoms with Crippen LogP contribution in [0.25, 0.3) is 0 Å². The van der Waals surface area contributed by atoms with Crippen LogP contribution in [-0.4, -0.2) is 0 Å². The van der Waals surface area contributed by atoms with E-state index in [4.69, 9.17) is 14.9 Å². The van der Waals surface area contributed by atoms with Gasteiger partial charge in [0.2, 0.25) is 0 Å². The number of furan rings is 1. The average molecular weight is 160 g/mol. The average Bonchev–Trinajstić information content (AvgIpc) is 2.52. The minimum absolute atomic E-state index is 0.0668. The van der Waals surface area contributed by atoms with Crippen molar-refractivity contribution in [3.8, 4) is 12.1 Å². The largest absolute Gasteiger partial charge is 0.468 e. The summed E-state index contributed by atoms with van der Waals surface area (Å²) in [6.07, 6.45) is 1.82. The lowest BCUT2D eigenvalue weighted by molar-refractivity contribution is 0.477. The fourth-order valence-electron chi connectivity index (χ4n) is 0.907. The Morgan fingerprint density at radius 3 is 2.83 bits per heavy atom. The molecule has 0 fully saturated rings. The molecule has 3 heteroatoms. The molecule has 1 aromatic rings. The van der Waals surface area contributed by atoms with Crippen molar-refractivity contribution in [2.45, 2.75) is 19.3 Å². The molecular weight excluding hydrogens is 152 g/mol. The van der Waals surface area contributed by atoms with Crippen LogP contribution in [0.1, 0.15) is 30.6 Å². The van der Waals surface area contributed by atoms with Gasteiger partial charge in [0.25, 0.3) is 0 Å². The van der Waals surface area contributed by atoms with Crippen molar-refractivity contribution in [3.63, 3.8) is 0 Å². The normalized spacial score (nSPS) is 11.6. The summed E-state index contributed by atoms with van der Waals surface area (Å²) in [4.78, 5) is 0. The quantitative estimate of drug-likeness (QED) is 0.666. The van der Waals surface area contributed by atoms with Crippen molar-refractivity contribution in [2.24, 2.45) is 0 Å². The first-order chi connectivity index (χ1) is 5.77. The molecule has 12 heavy (non-hydrogen) atoms. The molecule has 0 N–H and O–H groups in total. The maximum atomic E-state index is 8.49. The Labute approximate surface area is 70.8 Å². The van der Waals surface area contributed by atoms with Crippen molar-refractivity contribution in [1.29, 1.82) is 10.5 Å². The van der Waals surface area contributed by atoms with Gasteiger partial charge in [-0.1, -0.05) is 6.92 Å². The number of rotatable bonds is 2. The Bertz CT molecular complexity index is 340. The molecule has 0 aliphatic carbocycles. The van der Waals surface area contributed by atoms with Gasteiger partial charge in [-0.15, -0.1) is 0 Å². The van der Waals surface area contributed by atoms with Crippen molar-refractivity contribution < 1.29 is 4.42 Å². The van der Waals surface area contributed by atoms with Crippen LogP contribution in [0, 0.1) is 22.7 Å². The van der Waals surface area contributed by atoms with Crippen LogP contribution < -0.4 is 0 Å². The second-order valence-corrected chi connectivity index (χ2v) is 2.61. The van der Waals surface area contributed by atoms with Crippen LogP contribution in [0.5, 0.6) is 0 Å². The van der Waals surface area contributed by atoms with Crippen LogP contribution in [0.15, 0.2) is 16.7 Å². The van der Waals surface area contributed by atoms with Crippen LogP contribution >= 0.6 is 0 Å². The van der Waals surface area contributed by atoms with E-state index in [2.05, 4.69) is 6.07 Å². The maximum absolute atomic E-state index is 8.49. The van der Waals surface area contributed by atoms with E-state index < -0.39 is 0 Å². The lowest BCUT2D eigenvalue weighted by atomic mass is 10.1. The van der Waals surface area contributed by atoms with Crippen LogP contribution in [0.4, 0.5) is 0 Å². The highest BCUT2D eigenvalue weighted by Crippen LogP contribution is 2.20. The minimum atomic E-state index is 0.0668. The molecule has 0 radical (unpaired) electrons. The van der Waals surface area contributed by atoms with Gasteiger partial charge in [-0.2, -0.15) is 10.5 Å². The summed E-state index contributed by atoms with van der Waals surface area (Å²) in [5, 5.41) is 16.9. The minimum Gasteiger partial charge on any atom is -0.468 e. The molecule has 0 amide bonds. The van der Waals surface area contributed by atoms with Gasteiger partial charge in [0.1, 0.15) is 18.1 Å². The van der Waals surface area contributed by atoms with Crippen LogP contribution in [-0.2, 0) is 0 Å². The molecular formula is C9H8N2O. The van der Waals surface area contributed by atoms with E-state index in [-0.39, 0.29) is 5.92 Å². The van der Waals surface area contributed by atoms with Crippen LogP contribution in [0.2, 0.25) is 0 Å². The van der Waals surface area contributed by atoms with Crippen LogP contribution in [0.3, 0.4) is 0 Å². The topological polar surface area (TPSA) is 60.7 Å². The standard InChI is InChI=1S/C9H8N2O/c1-7(2-3-10)9-4-8(5-11)6-12-9/h4,6-7H,2H2,1H3. The number of nitriles is 2. The van der Waals surface area contributed by atoms with Crippen molar-refractivity contribution >= 4 is 0 Å². The molecule has 1 aromatic heterocycles. The summed E-state index contributed by atoms with van der Waals surface area (Å²) < 4.78 is 5.10. The summed E-state index contributed by atoms with van der Waals surface area (Å²) in [6, 6.07) is 5.69.